The number of nitrogens with one attached hydrogen (secondary N) is 1. The summed E-state index contributed by atoms with van der Waals surface area (Å²) in [5, 5.41) is 2.68. The highest BCUT2D eigenvalue weighted by Crippen LogP contribution is 2.19. The van der Waals surface area contributed by atoms with Gasteiger partial charge in [0.25, 0.3) is 0 Å². The minimum absolute atomic E-state index is 0.894. The van der Waals surface area contributed by atoms with Crippen molar-refractivity contribution in [1.82, 2.24) is 5.23 Å². The first-order valence-corrected chi connectivity index (χ1v) is 11.4. The van der Waals surface area contributed by atoms with Crippen molar-refractivity contribution in [2.24, 2.45) is 0 Å². The first-order chi connectivity index (χ1) is 5.77. The summed E-state index contributed by atoms with van der Waals surface area (Å²) >= 11 is 0. The van der Waals surface area contributed by atoms with Crippen LogP contribution in [-0.2, 0) is 4.12 Å². The van der Waals surface area contributed by atoms with Gasteiger partial charge in [-0.2, -0.15) is 0 Å². The van der Waals surface area contributed by atoms with Crippen molar-refractivity contribution in [1.29, 1.82) is 0 Å². The van der Waals surface area contributed by atoms with E-state index in [1.165, 1.54) is 6.04 Å². The van der Waals surface area contributed by atoms with Gasteiger partial charge in [-0.05, 0) is 51.7 Å². The summed E-state index contributed by atoms with van der Waals surface area (Å²) in [6, 6.07) is 1.20. The van der Waals surface area contributed by atoms with Crippen LogP contribution in [0, 0.1) is 0 Å². The van der Waals surface area contributed by atoms with Crippen LogP contribution >= 0.6 is 0 Å². The lowest BCUT2D eigenvalue weighted by Crippen LogP contribution is -2.42. The van der Waals surface area contributed by atoms with Crippen LogP contribution in [0.25, 0.3) is 0 Å². The van der Waals surface area contributed by atoms with E-state index in [9.17, 15) is 0 Å². The van der Waals surface area contributed by atoms with Crippen LogP contribution in [0.3, 0.4) is 0 Å². The van der Waals surface area contributed by atoms with Crippen molar-refractivity contribution in [3.05, 3.63) is 0 Å². The van der Waals surface area contributed by atoms with Crippen LogP contribution < -0.4 is 5.23 Å². The van der Waals surface area contributed by atoms with E-state index in [1.54, 1.807) is 0 Å². The Labute approximate surface area is 86.1 Å². The van der Waals surface area contributed by atoms with Crippen molar-refractivity contribution >= 4 is 24.6 Å². The maximum atomic E-state index is 6.18. The van der Waals surface area contributed by atoms with E-state index in [0.29, 0.717) is 0 Å². The molecule has 0 saturated heterocycles. The molecule has 0 heterocycles. The van der Waals surface area contributed by atoms with Crippen molar-refractivity contribution in [3.63, 3.8) is 0 Å². The van der Waals surface area contributed by atoms with Gasteiger partial charge in [0, 0.05) is 0 Å². The largest absolute Gasteiger partial charge is 0.456 e. The first-order valence-electron chi connectivity index (χ1n) is 4.90. The molecule has 76 valence electrons. The summed E-state index contributed by atoms with van der Waals surface area (Å²) in [5.74, 6) is 0. The number of rotatable bonds is 6. The average molecular weight is 215 g/mol. The third-order valence-corrected chi connectivity index (χ3v) is 7.90. The van der Waals surface area contributed by atoms with Gasteiger partial charge in [0.15, 0.2) is 24.6 Å². The highest BCUT2D eigenvalue weighted by atomic mass is 28.4. The van der Waals surface area contributed by atoms with E-state index in [1.807, 2.05) is 0 Å². The van der Waals surface area contributed by atoms with Gasteiger partial charge < -0.3 is 9.34 Å². The molecular formula is C8H22BNOSi2. The van der Waals surface area contributed by atoms with Crippen molar-refractivity contribution < 1.29 is 4.12 Å². The molecule has 0 spiro atoms. The molecule has 1 N–H and O–H groups in total. The van der Waals surface area contributed by atoms with E-state index in [2.05, 4.69) is 38.0 Å². The smallest absolute Gasteiger partial charge is 0.177 e. The lowest BCUT2D eigenvalue weighted by molar-refractivity contribution is 0.543. The molecule has 2 nitrogen and oxygen atoms in total. The normalized spacial score (nSPS) is 13.3. The van der Waals surface area contributed by atoms with Gasteiger partial charge in [-0.25, -0.2) is 0 Å². The quantitative estimate of drug-likeness (QED) is 0.541. The van der Waals surface area contributed by atoms with Gasteiger partial charge in [0.05, 0.1) is 0 Å². The second kappa shape index (κ2) is 5.34. The average Bonchev–Trinajstić information content (AvgIpc) is 1.81. The molecule has 0 aliphatic carbocycles. The molecular weight excluding hydrogens is 193 g/mol. The van der Waals surface area contributed by atoms with Crippen molar-refractivity contribution in [3.8, 4) is 0 Å². The Morgan fingerprint density at radius 1 is 1.15 bits per heavy atom. The summed E-state index contributed by atoms with van der Waals surface area (Å²) in [5.41, 5.74) is 0. The lowest BCUT2D eigenvalue weighted by Gasteiger charge is -2.31. The number of hydrogen-bond donors (Lipinski definition) is 1. The van der Waals surface area contributed by atoms with Gasteiger partial charge in [0.1, 0.15) is 0 Å². The van der Waals surface area contributed by atoms with E-state index < -0.39 is 16.6 Å². The summed E-state index contributed by atoms with van der Waals surface area (Å²) in [6.45, 7) is 12.2. The molecule has 0 aromatic heterocycles. The second-order valence-electron chi connectivity index (χ2n) is 5.03. The van der Waals surface area contributed by atoms with Crippen LogP contribution in [-0.4, -0.2) is 31.2 Å². The SMILES string of the molecule is [B]NCCC[Si](C)(C)O[Si](C)(C)C. The Hall–Kier alpha value is 0.419. The minimum Gasteiger partial charge on any atom is -0.456 e. The third kappa shape index (κ3) is 8.74. The van der Waals surface area contributed by atoms with Gasteiger partial charge in [-0.3, -0.25) is 0 Å². The Balaban J connectivity index is 3.80. The standard InChI is InChI=1S/C8H22BNOSi2/c1-12(2,3)11-13(4,5)8-6-7-10-9/h10H,6-8H2,1-5H3. The highest BCUT2D eigenvalue weighted by molar-refractivity contribution is 6.84. The summed E-state index contributed by atoms with van der Waals surface area (Å²) in [4.78, 5) is 0. The molecule has 0 fully saturated rings. The molecule has 0 unspecified atom stereocenters. The molecule has 13 heavy (non-hydrogen) atoms. The maximum absolute atomic E-state index is 6.18. The van der Waals surface area contributed by atoms with E-state index in [-0.39, 0.29) is 0 Å². The summed E-state index contributed by atoms with van der Waals surface area (Å²) in [6.07, 6.45) is 1.13. The highest BCUT2D eigenvalue weighted by Gasteiger charge is 2.28. The molecule has 0 saturated carbocycles. The molecule has 0 aliphatic rings. The molecule has 2 radical (unpaired) electrons. The second-order valence-corrected chi connectivity index (χ2v) is 14.1. The molecule has 0 bridgehead atoms. The Bertz CT molecular complexity index is 148. The van der Waals surface area contributed by atoms with Crippen molar-refractivity contribution in [2.45, 2.75) is 45.2 Å². The van der Waals surface area contributed by atoms with Crippen LogP contribution in [0.1, 0.15) is 6.42 Å². The molecule has 0 aromatic carbocycles. The van der Waals surface area contributed by atoms with E-state index in [0.717, 1.165) is 13.0 Å². The fraction of sp³-hybridized carbons (Fsp3) is 1.00. The van der Waals surface area contributed by atoms with Crippen LogP contribution in [0.15, 0.2) is 0 Å². The third-order valence-electron chi connectivity index (χ3n) is 1.68. The van der Waals surface area contributed by atoms with Crippen LogP contribution in [0.5, 0.6) is 0 Å². The zero-order valence-electron chi connectivity index (χ0n) is 9.61. The molecule has 0 amide bonds. The lowest BCUT2D eigenvalue weighted by atomic mass is 10.4. The maximum Gasteiger partial charge on any atom is 0.177 e. The van der Waals surface area contributed by atoms with Crippen LogP contribution in [0.4, 0.5) is 0 Å². The zero-order chi connectivity index (χ0) is 10.5. The van der Waals surface area contributed by atoms with Gasteiger partial charge in [-0.1, -0.05) is 0 Å². The Morgan fingerprint density at radius 3 is 2.08 bits per heavy atom. The molecule has 0 atom stereocenters. The van der Waals surface area contributed by atoms with Crippen molar-refractivity contribution in [2.75, 3.05) is 6.54 Å². The summed E-state index contributed by atoms with van der Waals surface area (Å²) in [7, 11) is 2.47. The predicted molar refractivity (Wildman–Crippen MR) is 65.1 cm³/mol. The molecule has 5 heteroatoms. The minimum atomic E-state index is -1.41. The fourth-order valence-electron chi connectivity index (χ4n) is 1.50. The monoisotopic (exact) mass is 215 g/mol. The topological polar surface area (TPSA) is 21.3 Å². The van der Waals surface area contributed by atoms with E-state index in [4.69, 9.17) is 12.1 Å². The Kier molecular flexibility index (Phi) is 5.51. The first kappa shape index (κ1) is 13.4. The fourth-order valence-corrected chi connectivity index (χ4v) is 9.56. The zero-order valence-corrected chi connectivity index (χ0v) is 11.6. The summed E-state index contributed by atoms with van der Waals surface area (Å²) < 4.78 is 6.18. The molecule has 0 aliphatic heterocycles. The molecule has 0 aromatic rings. The number of hydrogen-bond acceptors (Lipinski definition) is 2. The predicted octanol–water partition coefficient (Wildman–Crippen LogP) is 2.11. The van der Waals surface area contributed by atoms with Gasteiger partial charge in [-0.15, -0.1) is 0 Å². The van der Waals surface area contributed by atoms with Gasteiger partial charge in [0.2, 0.25) is 0 Å². The van der Waals surface area contributed by atoms with E-state index >= 15 is 0 Å². The van der Waals surface area contributed by atoms with Gasteiger partial charge >= 0.3 is 0 Å². The van der Waals surface area contributed by atoms with Crippen LogP contribution in [0.2, 0.25) is 38.8 Å². The Morgan fingerprint density at radius 2 is 1.69 bits per heavy atom. The molecule has 0 rings (SSSR count).